The summed E-state index contributed by atoms with van der Waals surface area (Å²) in [5.74, 6) is 3.63. The fourth-order valence-corrected chi connectivity index (χ4v) is 1.44. The van der Waals surface area contributed by atoms with Crippen molar-refractivity contribution in [1.82, 2.24) is 5.32 Å². The van der Waals surface area contributed by atoms with Gasteiger partial charge >= 0.3 is 0 Å². The first-order valence-corrected chi connectivity index (χ1v) is 5.01. The average Bonchev–Trinajstić information content (AvgIpc) is 2.86. The van der Waals surface area contributed by atoms with E-state index in [0.29, 0.717) is 0 Å². The molecule has 0 aromatic carbocycles. The molecule has 1 atom stereocenters. The lowest BCUT2D eigenvalue weighted by Crippen LogP contribution is -2.28. The maximum atomic E-state index is 5.16. The summed E-state index contributed by atoms with van der Waals surface area (Å²) < 4.78 is 0. The van der Waals surface area contributed by atoms with Gasteiger partial charge in [0.15, 0.2) is 0 Å². The van der Waals surface area contributed by atoms with Crippen LogP contribution in [0.4, 0.5) is 0 Å². The minimum absolute atomic E-state index is 0.732. The molecular formula is C11H19N. The van der Waals surface area contributed by atoms with E-state index in [-0.39, 0.29) is 0 Å². The van der Waals surface area contributed by atoms with Crippen LogP contribution in [0.25, 0.3) is 0 Å². The number of nitrogens with one attached hydrogen (secondary N) is 1. The highest BCUT2D eigenvalue weighted by atomic mass is 14.9. The van der Waals surface area contributed by atoms with Gasteiger partial charge in [0.2, 0.25) is 0 Å². The molecule has 0 aliphatic heterocycles. The maximum absolute atomic E-state index is 5.16. The third-order valence-corrected chi connectivity index (χ3v) is 2.54. The molecule has 12 heavy (non-hydrogen) atoms. The van der Waals surface area contributed by atoms with Crippen molar-refractivity contribution in [2.45, 2.75) is 45.1 Å². The van der Waals surface area contributed by atoms with Crippen LogP contribution in [-0.2, 0) is 0 Å². The molecule has 1 heteroatoms. The van der Waals surface area contributed by atoms with Gasteiger partial charge in [0.1, 0.15) is 0 Å². The molecule has 1 saturated carbocycles. The average molecular weight is 165 g/mol. The molecule has 0 radical (unpaired) electrons. The van der Waals surface area contributed by atoms with Crippen molar-refractivity contribution in [3.05, 3.63) is 0 Å². The molecule has 1 unspecified atom stereocenters. The highest BCUT2D eigenvalue weighted by Crippen LogP contribution is 2.32. The summed E-state index contributed by atoms with van der Waals surface area (Å²) in [6, 6.07) is 0.732. The number of rotatable bonds is 6. The SMILES string of the molecule is C#CCCCCNC(C)C1CC1. The Morgan fingerprint density at radius 1 is 1.50 bits per heavy atom. The van der Waals surface area contributed by atoms with Crippen LogP contribution < -0.4 is 5.32 Å². The Morgan fingerprint density at radius 3 is 2.83 bits per heavy atom. The minimum Gasteiger partial charge on any atom is -0.314 e. The molecule has 68 valence electrons. The van der Waals surface area contributed by atoms with Crippen LogP contribution in [0.2, 0.25) is 0 Å². The van der Waals surface area contributed by atoms with Crippen molar-refractivity contribution < 1.29 is 0 Å². The highest BCUT2D eigenvalue weighted by molar-refractivity contribution is 4.84. The first kappa shape index (κ1) is 9.61. The van der Waals surface area contributed by atoms with Gasteiger partial charge in [-0.25, -0.2) is 0 Å². The van der Waals surface area contributed by atoms with E-state index in [2.05, 4.69) is 18.2 Å². The third kappa shape index (κ3) is 3.78. The van der Waals surface area contributed by atoms with Crippen molar-refractivity contribution in [3.8, 4) is 12.3 Å². The predicted molar refractivity (Wildman–Crippen MR) is 52.9 cm³/mol. The second-order valence-electron chi connectivity index (χ2n) is 3.74. The molecule has 0 amide bonds. The van der Waals surface area contributed by atoms with Crippen LogP contribution in [0.3, 0.4) is 0 Å². The van der Waals surface area contributed by atoms with Gasteiger partial charge < -0.3 is 5.32 Å². The molecule has 1 aliphatic carbocycles. The maximum Gasteiger partial charge on any atom is 0.00865 e. The molecule has 0 aromatic rings. The second kappa shape index (κ2) is 5.22. The highest BCUT2D eigenvalue weighted by Gasteiger charge is 2.26. The summed E-state index contributed by atoms with van der Waals surface area (Å²) in [7, 11) is 0. The molecule has 0 heterocycles. The zero-order chi connectivity index (χ0) is 8.81. The normalized spacial score (nSPS) is 18.7. The zero-order valence-electron chi connectivity index (χ0n) is 7.97. The monoisotopic (exact) mass is 165 g/mol. The molecule has 1 aliphatic rings. The third-order valence-electron chi connectivity index (χ3n) is 2.54. The molecule has 0 saturated heterocycles. The van der Waals surface area contributed by atoms with E-state index in [9.17, 15) is 0 Å². The lowest BCUT2D eigenvalue weighted by Gasteiger charge is -2.11. The topological polar surface area (TPSA) is 12.0 Å². The second-order valence-corrected chi connectivity index (χ2v) is 3.74. The Balaban J connectivity index is 1.85. The predicted octanol–water partition coefficient (Wildman–Crippen LogP) is 2.18. The minimum atomic E-state index is 0.732. The summed E-state index contributed by atoms with van der Waals surface area (Å²) in [5, 5.41) is 3.53. The van der Waals surface area contributed by atoms with Gasteiger partial charge in [0, 0.05) is 12.5 Å². The summed E-state index contributed by atoms with van der Waals surface area (Å²) in [5.41, 5.74) is 0. The van der Waals surface area contributed by atoms with Crippen molar-refractivity contribution in [2.24, 2.45) is 5.92 Å². The van der Waals surface area contributed by atoms with E-state index in [4.69, 9.17) is 6.42 Å². The van der Waals surface area contributed by atoms with E-state index >= 15 is 0 Å². The molecule has 1 nitrogen and oxygen atoms in total. The van der Waals surface area contributed by atoms with Crippen LogP contribution in [0.5, 0.6) is 0 Å². The van der Waals surface area contributed by atoms with Crippen LogP contribution in [0.15, 0.2) is 0 Å². The Hall–Kier alpha value is -0.480. The van der Waals surface area contributed by atoms with E-state index in [1.807, 2.05) is 0 Å². The van der Waals surface area contributed by atoms with Crippen LogP contribution in [-0.4, -0.2) is 12.6 Å². The smallest absolute Gasteiger partial charge is 0.00865 e. The van der Waals surface area contributed by atoms with E-state index < -0.39 is 0 Å². The molecule has 0 bridgehead atoms. The quantitative estimate of drug-likeness (QED) is 0.470. The number of unbranched alkanes of at least 4 members (excludes halogenated alkanes) is 2. The Morgan fingerprint density at radius 2 is 2.25 bits per heavy atom. The zero-order valence-corrected chi connectivity index (χ0v) is 7.97. The van der Waals surface area contributed by atoms with E-state index in [1.54, 1.807) is 0 Å². The summed E-state index contributed by atoms with van der Waals surface area (Å²) >= 11 is 0. The number of terminal acetylenes is 1. The van der Waals surface area contributed by atoms with Gasteiger partial charge in [-0.05, 0) is 45.1 Å². The van der Waals surface area contributed by atoms with Crippen molar-refractivity contribution >= 4 is 0 Å². The van der Waals surface area contributed by atoms with Crippen LogP contribution >= 0.6 is 0 Å². The summed E-state index contributed by atoms with van der Waals surface area (Å²) in [4.78, 5) is 0. The van der Waals surface area contributed by atoms with Gasteiger partial charge in [-0.1, -0.05) is 0 Å². The van der Waals surface area contributed by atoms with Gasteiger partial charge in [0.25, 0.3) is 0 Å². The lowest BCUT2D eigenvalue weighted by atomic mass is 10.2. The van der Waals surface area contributed by atoms with Gasteiger partial charge in [-0.3, -0.25) is 0 Å². The summed E-state index contributed by atoms with van der Waals surface area (Å²) in [6.45, 7) is 3.43. The molecule has 1 fully saturated rings. The molecule has 1 N–H and O–H groups in total. The molecule has 1 rings (SSSR count). The molecule has 0 aromatic heterocycles. The van der Waals surface area contributed by atoms with E-state index in [0.717, 1.165) is 24.9 Å². The number of hydrogen-bond donors (Lipinski definition) is 1. The molecule has 0 spiro atoms. The Kier molecular flexibility index (Phi) is 4.18. The van der Waals surface area contributed by atoms with Crippen LogP contribution in [0, 0.1) is 18.3 Å². The number of hydrogen-bond acceptors (Lipinski definition) is 1. The van der Waals surface area contributed by atoms with Gasteiger partial charge in [0.05, 0.1) is 0 Å². The largest absolute Gasteiger partial charge is 0.314 e. The van der Waals surface area contributed by atoms with Gasteiger partial charge in [-0.15, -0.1) is 12.3 Å². The Labute approximate surface area is 75.9 Å². The fourth-order valence-electron chi connectivity index (χ4n) is 1.44. The van der Waals surface area contributed by atoms with Crippen molar-refractivity contribution in [3.63, 3.8) is 0 Å². The van der Waals surface area contributed by atoms with Crippen molar-refractivity contribution in [1.29, 1.82) is 0 Å². The van der Waals surface area contributed by atoms with E-state index in [1.165, 1.54) is 25.7 Å². The first-order valence-electron chi connectivity index (χ1n) is 5.01. The first-order chi connectivity index (χ1) is 5.84. The van der Waals surface area contributed by atoms with Gasteiger partial charge in [-0.2, -0.15) is 0 Å². The van der Waals surface area contributed by atoms with Crippen LogP contribution in [0.1, 0.15) is 39.0 Å². The lowest BCUT2D eigenvalue weighted by molar-refractivity contribution is 0.486. The van der Waals surface area contributed by atoms with Crippen molar-refractivity contribution in [2.75, 3.05) is 6.54 Å². The summed E-state index contributed by atoms with van der Waals surface area (Å²) in [6.07, 6.45) is 11.3. The fraction of sp³-hybridized carbons (Fsp3) is 0.818. The Bertz CT molecular complexity index is 153. The molecular weight excluding hydrogens is 146 g/mol. The standard InChI is InChI=1S/C11H19N/c1-3-4-5-6-9-12-10(2)11-7-8-11/h1,10-12H,4-9H2,2H3.